The Balaban J connectivity index is 2.13. The first-order chi connectivity index (χ1) is 6.14. The van der Waals surface area contributed by atoms with E-state index in [2.05, 4.69) is 26.0 Å². The highest BCUT2D eigenvalue weighted by Crippen LogP contribution is 2.58. The molecule has 1 unspecified atom stereocenters. The molecule has 0 aromatic carbocycles. The molecule has 0 radical (unpaired) electrons. The molecule has 70 valence electrons. The van der Waals surface area contributed by atoms with Crippen LogP contribution in [0.5, 0.6) is 0 Å². The fourth-order valence-corrected chi connectivity index (χ4v) is 3.31. The maximum absolute atomic E-state index is 5.77. The van der Waals surface area contributed by atoms with Gasteiger partial charge in [-0.3, -0.25) is 0 Å². The Morgan fingerprint density at radius 2 is 2.08 bits per heavy atom. The zero-order valence-electron chi connectivity index (χ0n) is 8.39. The molecule has 1 saturated carbocycles. The molecule has 0 N–H and O–H groups in total. The normalized spacial score (nSPS) is 34.6. The molecule has 1 heteroatoms. The van der Waals surface area contributed by atoms with Gasteiger partial charge in [-0.25, -0.2) is 0 Å². The number of furan rings is 1. The van der Waals surface area contributed by atoms with Crippen LogP contribution in [0.3, 0.4) is 0 Å². The Labute approximate surface area is 79.1 Å². The van der Waals surface area contributed by atoms with Crippen LogP contribution in [0, 0.1) is 5.41 Å². The van der Waals surface area contributed by atoms with Crippen molar-refractivity contribution >= 4 is 0 Å². The molecule has 0 amide bonds. The molecule has 2 heterocycles. The van der Waals surface area contributed by atoms with Crippen LogP contribution in [0.2, 0.25) is 0 Å². The monoisotopic (exact) mass is 176 g/mol. The first kappa shape index (κ1) is 7.66. The standard InChI is InChI=1S/C12H16O/c1-11(2)6-3-7-12(11)8-9-4-5-10(12)13-9/h4-5H,3,6-8H2,1-2H3. The summed E-state index contributed by atoms with van der Waals surface area (Å²) in [6.07, 6.45) is 5.19. The van der Waals surface area contributed by atoms with Gasteiger partial charge in [0.25, 0.3) is 0 Å². The summed E-state index contributed by atoms with van der Waals surface area (Å²) in [5, 5.41) is 0. The molecule has 2 bridgehead atoms. The van der Waals surface area contributed by atoms with E-state index in [0.29, 0.717) is 10.8 Å². The van der Waals surface area contributed by atoms with E-state index in [9.17, 15) is 0 Å². The molecule has 1 fully saturated rings. The number of hydrogen-bond donors (Lipinski definition) is 0. The van der Waals surface area contributed by atoms with Crippen molar-refractivity contribution in [3.63, 3.8) is 0 Å². The van der Waals surface area contributed by atoms with E-state index < -0.39 is 0 Å². The average molecular weight is 176 g/mol. The Morgan fingerprint density at radius 3 is 2.54 bits per heavy atom. The van der Waals surface area contributed by atoms with E-state index in [1.54, 1.807) is 0 Å². The summed E-state index contributed by atoms with van der Waals surface area (Å²) in [6.45, 7) is 4.79. The molecule has 1 aromatic rings. The van der Waals surface area contributed by atoms with Crippen molar-refractivity contribution in [3.8, 4) is 0 Å². The highest BCUT2D eigenvalue weighted by atomic mass is 16.3. The second kappa shape index (κ2) is 2.02. The van der Waals surface area contributed by atoms with Crippen molar-refractivity contribution in [2.45, 2.75) is 44.9 Å². The molecule has 1 aliphatic carbocycles. The van der Waals surface area contributed by atoms with Gasteiger partial charge in [0, 0.05) is 11.8 Å². The van der Waals surface area contributed by atoms with E-state index in [4.69, 9.17) is 4.42 Å². The minimum atomic E-state index is 0.372. The van der Waals surface area contributed by atoms with Crippen molar-refractivity contribution in [2.75, 3.05) is 0 Å². The summed E-state index contributed by atoms with van der Waals surface area (Å²) >= 11 is 0. The lowest BCUT2D eigenvalue weighted by atomic mass is 9.64. The van der Waals surface area contributed by atoms with E-state index in [1.165, 1.54) is 30.8 Å². The van der Waals surface area contributed by atoms with Gasteiger partial charge >= 0.3 is 0 Å². The topological polar surface area (TPSA) is 13.1 Å². The lowest BCUT2D eigenvalue weighted by Gasteiger charge is -2.37. The van der Waals surface area contributed by atoms with Crippen LogP contribution in [0.4, 0.5) is 0 Å². The molecule has 1 aliphatic heterocycles. The van der Waals surface area contributed by atoms with Crippen molar-refractivity contribution in [1.29, 1.82) is 0 Å². The Hall–Kier alpha value is -0.720. The van der Waals surface area contributed by atoms with E-state index in [0.717, 1.165) is 6.42 Å². The van der Waals surface area contributed by atoms with Gasteiger partial charge in [0.2, 0.25) is 0 Å². The predicted molar refractivity (Wildman–Crippen MR) is 51.7 cm³/mol. The molecule has 1 atom stereocenters. The van der Waals surface area contributed by atoms with Gasteiger partial charge < -0.3 is 4.42 Å². The van der Waals surface area contributed by atoms with Crippen LogP contribution in [-0.4, -0.2) is 0 Å². The molecule has 2 aliphatic rings. The Morgan fingerprint density at radius 1 is 1.23 bits per heavy atom. The largest absolute Gasteiger partial charge is 0.465 e. The third-order valence-corrected chi connectivity index (χ3v) is 4.31. The number of rotatable bonds is 0. The van der Waals surface area contributed by atoms with Crippen LogP contribution < -0.4 is 0 Å². The lowest BCUT2D eigenvalue weighted by molar-refractivity contribution is 0.198. The van der Waals surface area contributed by atoms with Gasteiger partial charge in [-0.05, 0) is 30.4 Å². The summed E-state index contributed by atoms with van der Waals surface area (Å²) in [5.74, 6) is 2.45. The molecule has 1 nitrogen and oxygen atoms in total. The third-order valence-electron chi connectivity index (χ3n) is 4.31. The SMILES string of the molecule is CC1(C)CCCC12Cc1ccc2o1. The highest BCUT2D eigenvalue weighted by Gasteiger charge is 2.54. The molecule has 0 saturated heterocycles. The molecule has 1 aromatic heterocycles. The van der Waals surface area contributed by atoms with Gasteiger partial charge in [-0.2, -0.15) is 0 Å². The van der Waals surface area contributed by atoms with E-state index in [1.807, 2.05) is 0 Å². The van der Waals surface area contributed by atoms with Crippen molar-refractivity contribution < 1.29 is 4.42 Å². The second-order valence-corrected chi connectivity index (χ2v) is 5.26. The Kier molecular flexibility index (Phi) is 1.19. The number of fused-ring (bicyclic) bond motifs is 3. The molecule has 13 heavy (non-hydrogen) atoms. The highest BCUT2D eigenvalue weighted by molar-refractivity contribution is 5.31. The zero-order chi connectivity index (χ0) is 9.10. The summed E-state index contributed by atoms with van der Waals surface area (Å²) in [4.78, 5) is 0. The quantitative estimate of drug-likeness (QED) is 0.591. The maximum Gasteiger partial charge on any atom is 0.111 e. The predicted octanol–water partition coefficient (Wildman–Crippen LogP) is 3.28. The summed E-state index contributed by atoms with van der Waals surface area (Å²) in [6, 6.07) is 4.32. The van der Waals surface area contributed by atoms with Gasteiger partial charge in [0.05, 0.1) is 0 Å². The van der Waals surface area contributed by atoms with Crippen LogP contribution in [0.25, 0.3) is 0 Å². The van der Waals surface area contributed by atoms with E-state index in [-0.39, 0.29) is 0 Å². The summed E-state index contributed by atoms with van der Waals surface area (Å²) in [7, 11) is 0. The lowest BCUT2D eigenvalue weighted by Crippen LogP contribution is -2.37. The first-order valence-electron chi connectivity index (χ1n) is 5.23. The van der Waals surface area contributed by atoms with Crippen molar-refractivity contribution in [3.05, 3.63) is 23.7 Å². The maximum atomic E-state index is 5.77. The average Bonchev–Trinajstić information content (AvgIpc) is 2.68. The second-order valence-electron chi connectivity index (χ2n) is 5.26. The molecule has 3 rings (SSSR count). The minimum absolute atomic E-state index is 0.372. The van der Waals surface area contributed by atoms with Crippen molar-refractivity contribution in [1.82, 2.24) is 0 Å². The fraction of sp³-hybridized carbons (Fsp3) is 0.667. The smallest absolute Gasteiger partial charge is 0.111 e. The van der Waals surface area contributed by atoms with Crippen LogP contribution in [-0.2, 0) is 11.8 Å². The third kappa shape index (κ3) is 0.738. The summed E-state index contributed by atoms with van der Waals surface area (Å²) < 4.78 is 5.77. The zero-order valence-corrected chi connectivity index (χ0v) is 8.39. The number of hydrogen-bond acceptors (Lipinski definition) is 1. The van der Waals surface area contributed by atoms with Gasteiger partial charge in [0.1, 0.15) is 11.5 Å². The van der Waals surface area contributed by atoms with Crippen LogP contribution in [0.1, 0.15) is 44.6 Å². The van der Waals surface area contributed by atoms with Crippen LogP contribution in [0.15, 0.2) is 16.5 Å². The van der Waals surface area contributed by atoms with Gasteiger partial charge in [-0.15, -0.1) is 0 Å². The fourth-order valence-electron chi connectivity index (χ4n) is 3.31. The van der Waals surface area contributed by atoms with Crippen LogP contribution >= 0.6 is 0 Å². The van der Waals surface area contributed by atoms with Crippen molar-refractivity contribution in [2.24, 2.45) is 5.41 Å². The van der Waals surface area contributed by atoms with E-state index >= 15 is 0 Å². The van der Waals surface area contributed by atoms with Gasteiger partial charge in [0.15, 0.2) is 0 Å². The van der Waals surface area contributed by atoms with Gasteiger partial charge in [-0.1, -0.05) is 20.3 Å². The molecular weight excluding hydrogens is 160 g/mol. The Bertz CT molecular complexity index is 348. The molecular formula is C12H16O. The minimum Gasteiger partial charge on any atom is -0.465 e. The first-order valence-corrected chi connectivity index (χ1v) is 5.23. The summed E-state index contributed by atoms with van der Waals surface area (Å²) in [5.41, 5.74) is 0.811. The molecule has 1 spiro atoms.